The van der Waals surface area contributed by atoms with E-state index >= 15 is 0 Å². The summed E-state index contributed by atoms with van der Waals surface area (Å²) in [6.07, 6.45) is 7.93. The molecule has 2 aromatic carbocycles. The molecule has 2 aliphatic rings. The first-order valence-electron chi connectivity index (χ1n) is 13.8. The predicted molar refractivity (Wildman–Crippen MR) is 153 cm³/mol. The summed E-state index contributed by atoms with van der Waals surface area (Å²) in [5, 5.41) is 0. The molecule has 0 amide bonds. The van der Waals surface area contributed by atoms with Gasteiger partial charge in [-0.3, -0.25) is 0 Å². The molecule has 37 heavy (non-hydrogen) atoms. The van der Waals surface area contributed by atoms with Crippen LogP contribution in [-0.2, 0) is 0 Å². The van der Waals surface area contributed by atoms with Crippen molar-refractivity contribution in [1.29, 1.82) is 0 Å². The quantitative estimate of drug-likeness (QED) is 0.246. The molecule has 188 valence electrons. The fourth-order valence-electron chi connectivity index (χ4n) is 7.19. The zero-order valence-corrected chi connectivity index (χ0v) is 22.4. The van der Waals surface area contributed by atoms with Crippen LogP contribution >= 0.6 is 0 Å². The summed E-state index contributed by atoms with van der Waals surface area (Å²) in [5.41, 5.74) is 11.1. The van der Waals surface area contributed by atoms with Crippen LogP contribution in [0.25, 0.3) is 22.3 Å². The fraction of sp³-hybridized carbons (Fsp3) is 0.314. The zero-order chi connectivity index (χ0) is 25.6. The van der Waals surface area contributed by atoms with Crippen molar-refractivity contribution in [2.45, 2.75) is 65.2 Å². The third-order valence-electron chi connectivity index (χ3n) is 8.48. The summed E-state index contributed by atoms with van der Waals surface area (Å²) in [6, 6.07) is 26.4. The van der Waals surface area contributed by atoms with Gasteiger partial charge in [-0.2, -0.15) is 0 Å². The standard InChI is InChI=1S/C35H36O2/c1-5-13-25-23-15-7-9-17-27(23)33(31(25)29-19-11-21-36-29)35(3,4)34-28-18-10-8-16-24(28)26(14-6-2)32(34)30-20-12-22-37-30/h7-12,15-22,33-34H,5-6,13-14H2,1-4H3. The maximum Gasteiger partial charge on any atom is 0.130 e. The van der Waals surface area contributed by atoms with Crippen LogP contribution in [0.5, 0.6) is 0 Å². The maximum atomic E-state index is 6.15. The van der Waals surface area contributed by atoms with Gasteiger partial charge in [0.05, 0.1) is 12.5 Å². The van der Waals surface area contributed by atoms with Crippen LogP contribution in [0.1, 0.15) is 99.0 Å². The van der Waals surface area contributed by atoms with Crippen molar-refractivity contribution in [3.8, 4) is 0 Å². The van der Waals surface area contributed by atoms with E-state index in [-0.39, 0.29) is 17.3 Å². The Bertz CT molecular complexity index is 1350. The average Bonchev–Trinajstić information content (AvgIpc) is 3.70. The van der Waals surface area contributed by atoms with Crippen molar-refractivity contribution in [2.24, 2.45) is 5.41 Å². The molecule has 2 aliphatic carbocycles. The zero-order valence-electron chi connectivity index (χ0n) is 22.4. The van der Waals surface area contributed by atoms with Gasteiger partial charge in [-0.15, -0.1) is 0 Å². The monoisotopic (exact) mass is 488 g/mol. The first-order chi connectivity index (χ1) is 18.1. The molecule has 0 aliphatic heterocycles. The molecule has 0 N–H and O–H groups in total. The lowest BCUT2D eigenvalue weighted by molar-refractivity contribution is 0.299. The highest BCUT2D eigenvalue weighted by atomic mass is 16.3. The second-order valence-electron chi connectivity index (χ2n) is 11.1. The number of fused-ring (bicyclic) bond motifs is 2. The van der Waals surface area contributed by atoms with E-state index in [0.29, 0.717) is 0 Å². The molecular formula is C35H36O2. The smallest absolute Gasteiger partial charge is 0.130 e. The molecule has 0 bridgehead atoms. The molecule has 4 aromatic rings. The van der Waals surface area contributed by atoms with Crippen molar-refractivity contribution in [2.75, 3.05) is 0 Å². The van der Waals surface area contributed by atoms with Crippen molar-refractivity contribution in [3.63, 3.8) is 0 Å². The Balaban J connectivity index is 1.62. The Kier molecular flexibility index (Phi) is 6.07. The highest BCUT2D eigenvalue weighted by molar-refractivity contribution is 6.02. The van der Waals surface area contributed by atoms with Crippen LogP contribution in [0.4, 0.5) is 0 Å². The van der Waals surface area contributed by atoms with Crippen LogP contribution in [0, 0.1) is 5.41 Å². The largest absolute Gasteiger partial charge is 0.465 e. The molecule has 2 heteroatoms. The van der Waals surface area contributed by atoms with E-state index in [0.717, 1.165) is 37.2 Å². The molecule has 0 spiro atoms. The molecular weight excluding hydrogens is 452 g/mol. The topological polar surface area (TPSA) is 26.3 Å². The van der Waals surface area contributed by atoms with Gasteiger partial charge in [0.2, 0.25) is 0 Å². The van der Waals surface area contributed by atoms with Crippen molar-refractivity contribution in [1.82, 2.24) is 0 Å². The van der Waals surface area contributed by atoms with Crippen LogP contribution in [0.3, 0.4) is 0 Å². The van der Waals surface area contributed by atoms with Gasteiger partial charge in [0.25, 0.3) is 0 Å². The van der Waals surface area contributed by atoms with E-state index in [1.807, 2.05) is 24.7 Å². The lowest BCUT2D eigenvalue weighted by Gasteiger charge is -2.41. The van der Waals surface area contributed by atoms with E-state index in [1.165, 1.54) is 44.5 Å². The van der Waals surface area contributed by atoms with E-state index in [2.05, 4.69) is 88.4 Å². The van der Waals surface area contributed by atoms with Gasteiger partial charge in [0.15, 0.2) is 0 Å². The summed E-state index contributed by atoms with van der Waals surface area (Å²) in [5.74, 6) is 2.39. The van der Waals surface area contributed by atoms with Crippen LogP contribution < -0.4 is 0 Å². The third-order valence-corrected chi connectivity index (χ3v) is 8.48. The lowest BCUT2D eigenvalue weighted by atomic mass is 9.61. The summed E-state index contributed by atoms with van der Waals surface area (Å²) < 4.78 is 12.3. The third kappa shape index (κ3) is 3.69. The van der Waals surface area contributed by atoms with Crippen molar-refractivity contribution >= 4 is 22.3 Å². The Morgan fingerprint density at radius 2 is 1.03 bits per heavy atom. The van der Waals surface area contributed by atoms with E-state index in [4.69, 9.17) is 8.83 Å². The number of hydrogen-bond acceptors (Lipinski definition) is 2. The molecule has 2 nitrogen and oxygen atoms in total. The molecule has 0 radical (unpaired) electrons. The minimum absolute atomic E-state index is 0.151. The summed E-state index contributed by atoms with van der Waals surface area (Å²) in [4.78, 5) is 0. The Morgan fingerprint density at radius 3 is 1.41 bits per heavy atom. The minimum Gasteiger partial charge on any atom is -0.465 e. The molecule has 2 heterocycles. The normalized spacial score (nSPS) is 19.0. The van der Waals surface area contributed by atoms with Gasteiger partial charge >= 0.3 is 0 Å². The van der Waals surface area contributed by atoms with E-state index < -0.39 is 0 Å². The second-order valence-corrected chi connectivity index (χ2v) is 11.1. The first kappa shape index (κ1) is 23.9. The lowest BCUT2D eigenvalue weighted by Crippen LogP contribution is -2.30. The van der Waals surface area contributed by atoms with Gasteiger partial charge in [0, 0.05) is 23.0 Å². The Morgan fingerprint density at radius 1 is 0.595 bits per heavy atom. The number of furan rings is 2. The van der Waals surface area contributed by atoms with Gasteiger partial charge in [-0.1, -0.05) is 89.1 Å². The van der Waals surface area contributed by atoms with E-state index in [1.54, 1.807) is 0 Å². The van der Waals surface area contributed by atoms with Gasteiger partial charge in [0.1, 0.15) is 11.5 Å². The average molecular weight is 489 g/mol. The molecule has 2 aromatic heterocycles. The van der Waals surface area contributed by atoms with E-state index in [9.17, 15) is 0 Å². The molecule has 0 saturated carbocycles. The Hall–Kier alpha value is -3.52. The number of benzene rings is 2. The number of allylic oxidation sites excluding steroid dienone is 4. The van der Waals surface area contributed by atoms with Crippen molar-refractivity contribution < 1.29 is 8.83 Å². The van der Waals surface area contributed by atoms with Gasteiger partial charge < -0.3 is 8.83 Å². The molecule has 6 rings (SSSR count). The second kappa shape index (κ2) is 9.41. The number of hydrogen-bond donors (Lipinski definition) is 0. The van der Waals surface area contributed by atoms with Crippen LogP contribution in [0.2, 0.25) is 0 Å². The maximum absolute atomic E-state index is 6.15. The molecule has 0 fully saturated rings. The Labute approximate surface area is 220 Å². The van der Waals surface area contributed by atoms with Gasteiger partial charge in [-0.05, 0) is 75.9 Å². The first-order valence-corrected chi connectivity index (χ1v) is 13.8. The molecule has 0 saturated heterocycles. The molecule has 2 unspecified atom stereocenters. The van der Waals surface area contributed by atoms with Crippen LogP contribution in [0.15, 0.2) is 94.2 Å². The summed E-state index contributed by atoms with van der Waals surface area (Å²) >= 11 is 0. The fourth-order valence-corrected chi connectivity index (χ4v) is 7.19. The van der Waals surface area contributed by atoms with Gasteiger partial charge in [-0.25, -0.2) is 0 Å². The summed E-state index contributed by atoms with van der Waals surface area (Å²) in [6.45, 7) is 9.47. The highest BCUT2D eigenvalue weighted by Gasteiger charge is 2.50. The SMILES string of the molecule is CCCC1=C(c2ccco2)C(C(C)(C)C2C(c3ccco3)=C(CCC)c3ccccc32)c2ccccc21. The van der Waals surface area contributed by atoms with Crippen LogP contribution in [-0.4, -0.2) is 0 Å². The van der Waals surface area contributed by atoms with Crippen molar-refractivity contribution in [3.05, 3.63) is 119 Å². The highest BCUT2D eigenvalue weighted by Crippen LogP contribution is 2.65. The summed E-state index contributed by atoms with van der Waals surface area (Å²) in [7, 11) is 0. The minimum atomic E-state index is -0.151. The number of rotatable bonds is 8. The predicted octanol–water partition coefficient (Wildman–Crippen LogP) is 10.2. The molecule has 2 atom stereocenters.